The zero-order chi connectivity index (χ0) is 18.2. The Morgan fingerprint density at radius 3 is 2.33 bits per heavy atom. The van der Waals surface area contributed by atoms with Crippen molar-refractivity contribution in [2.75, 3.05) is 32.9 Å². The lowest BCUT2D eigenvalue weighted by molar-refractivity contribution is 0.580. The molecule has 0 atom stereocenters. The second-order valence-electron chi connectivity index (χ2n) is 6.03. The largest absolute Gasteiger partial charge is 0.355 e. The maximum absolute atomic E-state index is 12.2. The molecule has 0 saturated carbocycles. The highest BCUT2D eigenvalue weighted by atomic mass is 32.2. The summed E-state index contributed by atoms with van der Waals surface area (Å²) in [6.07, 6.45) is 2.07. The predicted molar refractivity (Wildman–Crippen MR) is 103 cm³/mol. The van der Waals surface area contributed by atoms with Crippen molar-refractivity contribution in [3.8, 4) is 0 Å². The van der Waals surface area contributed by atoms with Crippen LogP contribution in [0.3, 0.4) is 0 Å². The second kappa shape index (κ2) is 9.29. The molecule has 1 rings (SSSR count). The predicted octanol–water partition coefficient (Wildman–Crippen LogP) is 1.58. The molecule has 0 saturated heterocycles. The summed E-state index contributed by atoms with van der Waals surface area (Å²) in [4.78, 5) is 4.41. The first-order chi connectivity index (χ1) is 11.2. The van der Waals surface area contributed by atoms with Gasteiger partial charge in [0.05, 0.1) is 4.90 Å². The maximum Gasteiger partial charge on any atom is 0.240 e. The Hall–Kier alpha value is -1.25. The molecule has 0 amide bonds. The van der Waals surface area contributed by atoms with Crippen LogP contribution in [0.4, 0.5) is 0 Å². The molecule has 6 nitrogen and oxygen atoms in total. The molecule has 0 aliphatic rings. The summed E-state index contributed by atoms with van der Waals surface area (Å²) >= 11 is 1.77. The smallest absolute Gasteiger partial charge is 0.240 e. The van der Waals surface area contributed by atoms with Crippen molar-refractivity contribution in [1.29, 1.82) is 0 Å². The molecule has 0 spiro atoms. The molecule has 0 aliphatic heterocycles. The molecular formula is C16H28N4O2S2. The highest BCUT2D eigenvalue weighted by Gasteiger charge is 2.16. The monoisotopic (exact) mass is 372 g/mol. The number of rotatable bonds is 8. The van der Waals surface area contributed by atoms with E-state index in [2.05, 4.69) is 40.5 Å². The number of nitrogens with one attached hydrogen (secondary N) is 3. The molecule has 0 unspecified atom stereocenters. The molecule has 8 heteroatoms. The standard InChI is InChI=1S/C16H28N4O2S2/c1-13-6-8-14(9-7-13)24(21,22)20-11-10-18-15(17-4)19-12-16(2,3)23-5/h6-9,20H,10-12H2,1-5H3,(H2,17,18,19). The highest BCUT2D eigenvalue weighted by molar-refractivity contribution is 7.99. The minimum atomic E-state index is -3.47. The number of aryl methyl sites for hydroxylation is 1. The fourth-order valence-corrected chi connectivity index (χ4v) is 3.00. The van der Waals surface area contributed by atoms with Crippen LogP contribution in [0.1, 0.15) is 19.4 Å². The fourth-order valence-electron chi connectivity index (χ4n) is 1.76. The molecule has 1 aromatic rings. The average Bonchev–Trinajstić information content (AvgIpc) is 2.54. The lowest BCUT2D eigenvalue weighted by Crippen LogP contribution is -2.45. The number of hydrogen-bond donors (Lipinski definition) is 3. The Labute approximate surface area is 150 Å². The van der Waals surface area contributed by atoms with Gasteiger partial charge in [0.15, 0.2) is 5.96 Å². The van der Waals surface area contributed by atoms with Crippen LogP contribution < -0.4 is 15.4 Å². The van der Waals surface area contributed by atoms with Gasteiger partial charge in [-0.05, 0) is 39.2 Å². The number of thioether (sulfide) groups is 1. The van der Waals surface area contributed by atoms with Crippen molar-refractivity contribution >= 4 is 27.7 Å². The third kappa shape index (κ3) is 7.11. The summed E-state index contributed by atoms with van der Waals surface area (Å²) in [6, 6.07) is 6.78. The van der Waals surface area contributed by atoms with Crippen molar-refractivity contribution in [2.24, 2.45) is 4.99 Å². The first-order valence-corrected chi connectivity index (χ1v) is 10.5. The number of aliphatic imine (C=N–C) groups is 1. The molecule has 3 N–H and O–H groups in total. The summed E-state index contributed by atoms with van der Waals surface area (Å²) in [5.74, 6) is 0.659. The first-order valence-electron chi connectivity index (χ1n) is 7.76. The lowest BCUT2D eigenvalue weighted by atomic mass is 10.2. The van der Waals surface area contributed by atoms with Crippen LogP contribution in [-0.2, 0) is 10.0 Å². The number of hydrogen-bond acceptors (Lipinski definition) is 4. The summed E-state index contributed by atoms with van der Waals surface area (Å²) in [7, 11) is -1.78. The van der Waals surface area contributed by atoms with Gasteiger partial charge in [0, 0.05) is 31.4 Å². The van der Waals surface area contributed by atoms with Gasteiger partial charge < -0.3 is 10.6 Å². The maximum atomic E-state index is 12.2. The Morgan fingerprint density at radius 1 is 1.17 bits per heavy atom. The van der Waals surface area contributed by atoms with Gasteiger partial charge in [-0.3, -0.25) is 4.99 Å². The normalized spacial score (nSPS) is 13.0. The van der Waals surface area contributed by atoms with E-state index < -0.39 is 10.0 Å². The van der Waals surface area contributed by atoms with Crippen molar-refractivity contribution in [3.63, 3.8) is 0 Å². The fraction of sp³-hybridized carbons (Fsp3) is 0.562. The van der Waals surface area contributed by atoms with Gasteiger partial charge in [-0.2, -0.15) is 11.8 Å². The summed E-state index contributed by atoms with van der Waals surface area (Å²) in [5.41, 5.74) is 1.03. The Kier molecular flexibility index (Phi) is 8.05. The van der Waals surface area contributed by atoms with E-state index in [4.69, 9.17) is 0 Å². The molecule has 0 fully saturated rings. The molecule has 0 bridgehead atoms. The van der Waals surface area contributed by atoms with E-state index in [1.54, 1.807) is 43.1 Å². The molecule has 1 aromatic carbocycles. The number of sulfonamides is 1. The molecular weight excluding hydrogens is 344 g/mol. The molecule has 136 valence electrons. The van der Waals surface area contributed by atoms with Crippen molar-refractivity contribution < 1.29 is 8.42 Å². The zero-order valence-corrected chi connectivity index (χ0v) is 16.6. The van der Waals surface area contributed by atoms with Crippen molar-refractivity contribution in [2.45, 2.75) is 30.4 Å². The minimum absolute atomic E-state index is 0.102. The van der Waals surface area contributed by atoms with Crippen LogP contribution >= 0.6 is 11.8 Å². The second-order valence-corrected chi connectivity index (χ2v) is 9.31. The molecule has 24 heavy (non-hydrogen) atoms. The van der Waals surface area contributed by atoms with Gasteiger partial charge in [0.1, 0.15) is 0 Å². The van der Waals surface area contributed by atoms with E-state index >= 15 is 0 Å². The summed E-state index contributed by atoms with van der Waals surface area (Å²) < 4.78 is 27.0. The Balaban J connectivity index is 2.42. The van der Waals surface area contributed by atoms with E-state index in [1.807, 2.05) is 6.92 Å². The van der Waals surface area contributed by atoms with Crippen molar-refractivity contribution in [3.05, 3.63) is 29.8 Å². The Morgan fingerprint density at radius 2 is 1.79 bits per heavy atom. The number of benzene rings is 1. The van der Waals surface area contributed by atoms with E-state index in [0.717, 1.165) is 12.1 Å². The lowest BCUT2D eigenvalue weighted by Gasteiger charge is -2.23. The van der Waals surface area contributed by atoms with Crippen molar-refractivity contribution in [1.82, 2.24) is 15.4 Å². The van der Waals surface area contributed by atoms with Crippen LogP contribution in [0.15, 0.2) is 34.2 Å². The quantitative estimate of drug-likeness (QED) is 0.367. The highest BCUT2D eigenvalue weighted by Crippen LogP contribution is 2.19. The van der Waals surface area contributed by atoms with Gasteiger partial charge in [-0.1, -0.05) is 17.7 Å². The van der Waals surface area contributed by atoms with Gasteiger partial charge in [0.2, 0.25) is 10.0 Å². The third-order valence-corrected chi connectivity index (χ3v) is 6.23. The summed E-state index contributed by atoms with van der Waals surface area (Å²) in [5, 5.41) is 6.34. The van der Waals surface area contributed by atoms with Crippen LogP contribution in [0.25, 0.3) is 0 Å². The van der Waals surface area contributed by atoms with Gasteiger partial charge in [0.25, 0.3) is 0 Å². The van der Waals surface area contributed by atoms with E-state index in [-0.39, 0.29) is 16.2 Å². The molecule has 0 heterocycles. The average molecular weight is 373 g/mol. The minimum Gasteiger partial charge on any atom is -0.355 e. The summed E-state index contributed by atoms with van der Waals surface area (Å²) in [6.45, 7) is 7.71. The molecule has 0 aromatic heterocycles. The van der Waals surface area contributed by atoms with Gasteiger partial charge in [-0.15, -0.1) is 0 Å². The molecule has 0 radical (unpaired) electrons. The zero-order valence-electron chi connectivity index (χ0n) is 15.0. The van der Waals surface area contributed by atoms with Crippen LogP contribution in [0.5, 0.6) is 0 Å². The Bertz CT molecular complexity index is 641. The van der Waals surface area contributed by atoms with Gasteiger partial charge in [-0.25, -0.2) is 13.1 Å². The van der Waals surface area contributed by atoms with Crippen LogP contribution in [0, 0.1) is 6.92 Å². The van der Waals surface area contributed by atoms with E-state index in [0.29, 0.717) is 12.5 Å². The number of guanidine groups is 1. The first kappa shape index (κ1) is 20.8. The SMILES string of the molecule is CN=C(NCCNS(=O)(=O)c1ccc(C)cc1)NCC(C)(C)SC. The van der Waals surface area contributed by atoms with Gasteiger partial charge >= 0.3 is 0 Å². The topological polar surface area (TPSA) is 82.6 Å². The third-order valence-electron chi connectivity index (χ3n) is 3.50. The van der Waals surface area contributed by atoms with E-state index in [1.165, 1.54) is 0 Å². The molecule has 0 aliphatic carbocycles. The van der Waals surface area contributed by atoms with Crippen LogP contribution in [-0.4, -0.2) is 52.1 Å². The number of nitrogens with zero attached hydrogens (tertiary/aromatic N) is 1. The van der Waals surface area contributed by atoms with E-state index in [9.17, 15) is 8.42 Å². The van der Waals surface area contributed by atoms with Crippen LogP contribution in [0.2, 0.25) is 0 Å².